The van der Waals surface area contributed by atoms with Crippen molar-refractivity contribution in [2.24, 2.45) is 0 Å². The quantitative estimate of drug-likeness (QED) is 0.645. The van der Waals surface area contributed by atoms with Crippen LogP contribution in [0.15, 0.2) is 66.7 Å². The fraction of sp³-hybridized carbons (Fsp3) is 0.250. The number of H-pyrrole nitrogens is 1. The minimum atomic E-state index is 1.00. The summed E-state index contributed by atoms with van der Waals surface area (Å²) >= 11 is 0. The summed E-state index contributed by atoms with van der Waals surface area (Å²) in [4.78, 5) is 5.99. The largest absolute Gasteiger partial charge is 0.358 e. The van der Waals surface area contributed by atoms with Crippen LogP contribution in [0.3, 0.4) is 0 Å². The number of fused-ring (bicyclic) bond motifs is 1. The topological polar surface area (TPSA) is 19.0 Å². The van der Waals surface area contributed by atoms with Crippen molar-refractivity contribution in [3.8, 4) is 0 Å². The second-order valence-corrected chi connectivity index (χ2v) is 6.96. The summed E-state index contributed by atoms with van der Waals surface area (Å²) in [6, 6.07) is 19.5. The van der Waals surface area contributed by atoms with Crippen LogP contribution in [-0.4, -0.2) is 29.5 Å². The van der Waals surface area contributed by atoms with Crippen LogP contribution in [0.5, 0.6) is 0 Å². The highest BCUT2D eigenvalue weighted by Gasteiger charge is 2.11. The van der Waals surface area contributed by atoms with E-state index in [1.54, 1.807) is 0 Å². The third-order valence-corrected chi connectivity index (χ3v) is 5.23. The monoisotopic (exact) mass is 342 g/mol. The van der Waals surface area contributed by atoms with Gasteiger partial charge in [-0.1, -0.05) is 67.6 Å². The van der Waals surface area contributed by atoms with Crippen LogP contribution < -0.4 is 0 Å². The van der Waals surface area contributed by atoms with E-state index in [4.69, 9.17) is 0 Å². The molecule has 1 aliphatic rings. The van der Waals surface area contributed by atoms with Gasteiger partial charge in [0.05, 0.1) is 0 Å². The Kier molecular flexibility index (Phi) is 5.03. The van der Waals surface area contributed by atoms with Crippen LogP contribution in [0, 0.1) is 0 Å². The van der Waals surface area contributed by atoms with E-state index in [-0.39, 0.29) is 0 Å². The molecule has 0 bridgehead atoms. The summed E-state index contributed by atoms with van der Waals surface area (Å²) in [5.41, 5.74) is 6.69. The molecule has 0 amide bonds. The predicted molar refractivity (Wildman–Crippen MR) is 112 cm³/mol. The van der Waals surface area contributed by atoms with E-state index in [0.29, 0.717) is 0 Å². The Hall–Kier alpha value is -2.58. The van der Waals surface area contributed by atoms with E-state index in [1.165, 1.54) is 33.3 Å². The molecule has 2 aromatic carbocycles. The molecule has 26 heavy (non-hydrogen) atoms. The first-order valence-electron chi connectivity index (χ1n) is 9.57. The van der Waals surface area contributed by atoms with Gasteiger partial charge in [-0.15, -0.1) is 0 Å². The fourth-order valence-electron chi connectivity index (χ4n) is 3.69. The Morgan fingerprint density at radius 2 is 1.96 bits per heavy atom. The summed E-state index contributed by atoms with van der Waals surface area (Å²) in [7, 11) is 0. The summed E-state index contributed by atoms with van der Waals surface area (Å²) in [5.74, 6) is 0. The predicted octanol–water partition coefficient (Wildman–Crippen LogP) is 5.53. The summed E-state index contributed by atoms with van der Waals surface area (Å²) < 4.78 is 0. The normalized spacial score (nSPS) is 15.7. The van der Waals surface area contributed by atoms with Crippen molar-refractivity contribution in [2.45, 2.75) is 19.8 Å². The van der Waals surface area contributed by atoms with E-state index in [0.717, 1.165) is 32.5 Å². The van der Waals surface area contributed by atoms with E-state index in [1.807, 2.05) is 0 Å². The lowest BCUT2D eigenvalue weighted by Crippen LogP contribution is -2.28. The first kappa shape index (κ1) is 16.9. The van der Waals surface area contributed by atoms with Gasteiger partial charge in [0.1, 0.15) is 0 Å². The highest BCUT2D eigenvalue weighted by Crippen LogP contribution is 2.23. The number of rotatable bonds is 5. The van der Waals surface area contributed by atoms with E-state index in [9.17, 15) is 0 Å². The van der Waals surface area contributed by atoms with E-state index >= 15 is 0 Å². The van der Waals surface area contributed by atoms with E-state index in [2.05, 4.69) is 89.6 Å². The Morgan fingerprint density at radius 1 is 1.08 bits per heavy atom. The average Bonchev–Trinajstić information content (AvgIpc) is 3.13. The SMILES string of the molecule is CCc1cc2c(C=CCN3CC=C(c4ccccc4)CC3)cccc2[nH]1. The van der Waals surface area contributed by atoms with Crippen molar-refractivity contribution < 1.29 is 0 Å². The number of hydrogen-bond donors (Lipinski definition) is 1. The molecule has 0 radical (unpaired) electrons. The number of benzene rings is 2. The zero-order valence-corrected chi connectivity index (χ0v) is 15.4. The molecule has 0 atom stereocenters. The van der Waals surface area contributed by atoms with Gasteiger partial charge >= 0.3 is 0 Å². The summed E-state index contributed by atoms with van der Waals surface area (Å²) in [6.45, 7) is 5.34. The zero-order valence-electron chi connectivity index (χ0n) is 15.4. The van der Waals surface area contributed by atoms with E-state index < -0.39 is 0 Å². The second-order valence-electron chi connectivity index (χ2n) is 6.96. The molecule has 0 saturated heterocycles. The number of hydrogen-bond acceptors (Lipinski definition) is 1. The number of nitrogens with zero attached hydrogens (tertiary/aromatic N) is 1. The number of aryl methyl sites for hydroxylation is 1. The molecular formula is C24H26N2. The molecule has 132 valence electrons. The van der Waals surface area contributed by atoms with Crippen molar-refractivity contribution in [1.29, 1.82) is 0 Å². The molecular weight excluding hydrogens is 316 g/mol. The molecule has 0 saturated carbocycles. The van der Waals surface area contributed by atoms with Crippen molar-refractivity contribution in [2.75, 3.05) is 19.6 Å². The second kappa shape index (κ2) is 7.76. The number of nitrogens with one attached hydrogen (secondary N) is 1. The lowest BCUT2D eigenvalue weighted by atomic mass is 9.99. The maximum atomic E-state index is 3.49. The molecule has 0 fully saturated rings. The van der Waals surface area contributed by atoms with Crippen LogP contribution in [0.2, 0.25) is 0 Å². The van der Waals surface area contributed by atoms with Gasteiger partial charge in [0, 0.05) is 36.2 Å². The molecule has 1 aromatic heterocycles. The zero-order chi connectivity index (χ0) is 17.8. The Labute approximate surface area is 155 Å². The van der Waals surface area contributed by atoms with Gasteiger partial charge < -0.3 is 4.98 Å². The molecule has 2 heteroatoms. The molecule has 0 unspecified atom stereocenters. The molecule has 1 aliphatic heterocycles. The molecule has 1 N–H and O–H groups in total. The number of aromatic amines is 1. The highest BCUT2D eigenvalue weighted by atomic mass is 15.1. The van der Waals surface area contributed by atoms with Gasteiger partial charge in [-0.3, -0.25) is 4.90 Å². The third kappa shape index (κ3) is 3.66. The Balaban J connectivity index is 1.41. The summed E-state index contributed by atoms with van der Waals surface area (Å²) in [6.07, 6.45) is 9.13. The molecule has 2 heterocycles. The maximum Gasteiger partial charge on any atom is 0.0462 e. The van der Waals surface area contributed by atoms with Crippen LogP contribution in [-0.2, 0) is 6.42 Å². The van der Waals surface area contributed by atoms with Crippen molar-refractivity contribution in [3.05, 3.63) is 83.6 Å². The Morgan fingerprint density at radius 3 is 2.73 bits per heavy atom. The van der Waals surface area contributed by atoms with Crippen molar-refractivity contribution >= 4 is 22.6 Å². The maximum absolute atomic E-state index is 3.49. The molecule has 4 rings (SSSR count). The van der Waals surface area contributed by atoms with Crippen molar-refractivity contribution in [3.63, 3.8) is 0 Å². The first-order valence-corrected chi connectivity index (χ1v) is 9.57. The fourth-order valence-corrected chi connectivity index (χ4v) is 3.69. The summed E-state index contributed by atoms with van der Waals surface area (Å²) in [5, 5.41) is 1.32. The van der Waals surface area contributed by atoms with Crippen LogP contribution in [0.25, 0.3) is 22.6 Å². The van der Waals surface area contributed by atoms with Gasteiger partial charge in [0.15, 0.2) is 0 Å². The average molecular weight is 342 g/mol. The Bertz CT molecular complexity index is 931. The van der Waals surface area contributed by atoms with Crippen LogP contribution >= 0.6 is 0 Å². The van der Waals surface area contributed by atoms with Crippen LogP contribution in [0.1, 0.15) is 30.2 Å². The molecule has 0 aliphatic carbocycles. The minimum Gasteiger partial charge on any atom is -0.358 e. The van der Waals surface area contributed by atoms with Gasteiger partial charge in [-0.2, -0.15) is 0 Å². The molecule has 0 spiro atoms. The minimum absolute atomic E-state index is 1.00. The first-order chi connectivity index (χ1) is 12.8. The smallest absolute Gasteiger partial charge is 0.0462 e. The van der Waals surface area contributed by atoms with Gasteiger partial charge in [0.25, 0.3) is 0 Å². The lowest BCUT2D eigenvalue weighted by molar-refractivity contribution is 0.335. The number of aromatic nitrogens is 1. The molecule has 2 nitrogen and oxygen atoms in total. The highest BCUT2D eigenvalue weighted by molar-refractivity contribution is 5.89. The molecule has 3 aromatic rings. The van der Waals surface area contributed by atoms with Gasteiger partial charge in [-0.25, -0.2) is 0 Å². The van der Waals surface area contributed by atoms with Gasteiger partial charge in [0.2, 0.25) is 0 Å². The van der Waals surface area contributed by atoms with Crippen molar-refractivity contribution in [1.82, 2.24) is 9.88 Å². The third-order valence-electron chi connectivity index (χ3n) is 5.23. The standard InChI is InChI=1S/C24H26N2/c1-2-22-18-23-21(10-6-12-24(23)25-22)11-7-15-26-16-13-20(14-17-26)19-8-4-3-5-9-19/h3-13,18,25H,2,14-17H2,1H3. The van der Waals surface area contributed by atoms with Crippen LogP contribution in [0.4, 0.5) is 0 Å². The lowest BCUT2D eigenvalue weighted by Gasteiger charge is -2.25. The van der Waals surface area contributed by atoms with Gasteiger partial charge in [-0.05, 0) is 41.7 Å².